The van der Waals surface area contributed by atoms with Gasteiger partial charge in [-0.05, 0) is 62.4 Å². The van der Waals surface area contributed by atoms with Crippen molar-refractivity contribution in [3.63, 3.8) is 0 Å². The van der Waals surface area contributed by atoms with Crippen LogP contribution in [0.5, 0.6) is 0 Å². The van der Waals surface area contributed by atoms with Gasteiger partial charge in [0.2, 0.25) is 0 Å². The molecule has 0 aromatic heterocycles. The molecule has 0 aliphatic carbocycles. The van der Waals surface area contributed by atoms with Crippen LogP contribution in [0.4, 0.5) is 0 Å². The molecule has 0 unspecified atom stereocenters. The highest BCUT2D eigenvalue weighted by atomic mass is 35.5. The van der Waals surface area contributed by atoms with Crippen LogP contribution in [0.1, 0.15) is 36.8 Å². The zero-order chi connectivity index (χ0) is 13.7. The van der Waals surface area contributed by atoms with E-state index in [2.05, 4.69) is 5.32 Å². The van der Waals surface area contributed by atoms with Crippen molar-refractivity contribution in [2.75, 3.05) is 13.1 Å². The van der Waals surface area contributed by atoms with Crippen LogP contribution in [0.3, 0.4) is 0 Å². The maximum absolute atomic E-state index is 12.0. The standard InChI is InChI=1S/C16H22ClNO/c1-12-2-4-14(16(17)10-12)11-15(19)5-3-13-6-8-18-9-7-13/h2,4,10,13,18H,3,5-9,11H2,1H3. The minimum absolute atomic E-state index is 0.310. The number of hydrogen-bond donors (Lipinski definition) is 1. The maximum atomic E-state index is 12.0. The Labute approximate surface area is 120 Å². The van der Waals surface area contributed by atoms with E-state index in [1.54, 1.807) is 0 Å². The van der Waals surface area contributed by atoms with Gasteiger partial charge in [-0.2, -0.15) is 0 Å². The predicted octanol–water partition coefficient (Wildman–Crippen LogP) is 3.54. The van der Waals surface area contributed by atoms with Crippen LogP contribution in [0.2, 0.25) is 5.02 Å². The Balaban J connectivity index is 1.80. The highest BCUT2D eigenvalue weighted by Crippen LogP contribution is 2.21. The predicted molar refractivity (Wildman–Crippen MR) is 79.7 cm³/mol. The van der Waals surface area contributed by atoms with Gasteiger partial charge in [0, 0.05) is 17.9 Å². The Bertz CT molecular complexity index is 438. The van der Waals surface area contributed by atoms with Crippen molar-refractivity contribution in [1.29, 1.82) is 0 Å². The quantitative estimate of drug-likeness (QED) is 0.893. The second-order valence-corrected chi connectivity index (χ2v) is 5.95. The number of carbonyl (C=O) groups excluding carboxylic acids is 1. The highest BCUT2D eigenvalue weighted by Gasteiger charge is 2.15. The first-order valence-electron chi connectivity index (χ1n) is 7.12. The molecule has 0 amide bonds. The summed E-state index contributed by atoms with van der Waals surface area (Å²) in [5.74, 6) is 1.03. The van der Waals surface area contributed by atoms with Gasteiger partial charge in [-0.1, -0.05) is 23.7 Å². The molecule has 1 aliphatic rings. The second-order valence-electron chi connectivity index (χ2n) is 5.54. The monoisotopic (exact) mass is 279 g/mol. The number of ketones is 1. The van der Waals surface area contributed by atoms with E-state index in [-0.39, 0.29) is 0 Å². The van der Waals surface area contributed by atoms with Crippen molar-refractivity contribution in [3.8, 4) is 0 Å². The van der Waals surface area contributed by atoms with Gasteiger partial charge in [-0.3, -0.25) is 4.79 Å². The van der Waals surface area contributed by atoms with E-state index in [1.165, 1.54) is 12.8 Å². The lowest BCUT2D eigenvalue weighted by atomic mass is 9.91. The van der Waals surface area contributed by atoms with Gasteiger partial charge in [0.1, 0.15) is 5.78 Å². The lowest BCUT2D eigenvalue weighted by molar-refractivity contribution is -0.118. The number of aryl methyl sites for hydroxylation is 1. The molecule has 1 heterocycles. The van der Waals surface area contributed by atoms with Crippen molar-refractivity contribution in [2.24, 2.45) is 5.92 Å². The first kappa shape index (κ1) is 14.5. The van der Waals surface area contributed by atoms with Crippen molar-refractivity contribution in [3.05, 3.63) is 34.3 Å². The first-order chi connectivity index (χ1) is 9.15. The van der Waals surface area contributed by atoms with Gasteiger partial charge in [0.15, 0.2) is 0 Å². The van der Waals surface area contributed by atoms with Crippen molar-refractivity contribution >= 4 is 17.4 Å². The molecule has 1 saturated heterocycles. The summed E-state index contributed by atoms with van der Waals surface area (Å²) in [6.45, 7) is 4.21. The molecule has 104 valence electrons. The zero-order valence-corrected chi connectivity index (χ0v) is 12.3. The summed E-state index contributed by atoms with van der Waals surface area (Å²) in [4.78, 5) is 12.0. The third-order valence-corrected chi connectivity index (χ3v) is 4.24. The van der Waals surface area contributed by atoms with E-state index in [0.717, 1.165) is 41.6 Å². The number of hydrogen-bond acceptors (Lipinski definition) is 2. The van der Waals surface area contributed by atoms with E-state index in [4.69, 9.17) is 11.6 Å². The first-order valence-corrected chi connectivity index (χ1v) is 7.50. The fraction of sp³-hybridized carbons (Fsp3) is 0.562. The average Bonchev–Trinajstić information content (AvgIpc) is 2.41. The molecular weight excluding hydrogens is 258 g/mol. The normalized spacial score (nSPS) is 16.5. The molecule has 3 heteroatoms. The van der Waals surface area contributed by atoms with Gasteiger partial charge >= 0.3 is 0 Å². The Morgan fingerprint density at radius 3 is 2.79 bits per heavy atom. The Morgan fingerprint density at radius 2 is 2.11 bits per heavy atom. The summed E-state index contributed by atoms with van der Waals surface area (Å²) in [5.41, 5.74) is 2.10. The molecule has 1 N–H and O–H groups in total. The van der Waals surface area contributed by atoms with E-state index < -0.39 is 0 Å². The number of nitrogens with one attached hydrogen (secondary N) is 1. The molecular formula is C16H22ClNO. The molecule has 0 atom stereocenters. The lowest BCUT2D eigenvalue weighted by Gasteiger charge is -2.22. The molecule has 0 spiro atoms. The number of halogens is 1. The van der Waals surface area contributed by atoms with Crippen molar-refractivity contribution in [1.82, 2.24) is 5.32 Å². The molecule has 0 bridgehead atoms. The highest BCUT2D eigenvalue weighted by molar-refractivity contribution is 6.31. The number of carbonyl (C=O) groups is 1. The summed E-state index contributed by atoms with van der Waals surface area (Å²) in [6, 6.07) is 5.92. The minimum atomic E-state index is 0.310. The van der Waals surface area contributed by atoms with Crippen LogP contribution >= 0.6 is 11.6 Å². The molecule has 2 nitrogen and oxygen atoms in total. The van der Waals surface area contributed by atoms with Gasteiger partial charge in [-0.25, -0.2) is 0 Å². The third kappa shape index (κ3) is 4.63. The van der Waals surface area contributed by atoms with Gasteiger partial charge in [0.05, 0.1) is 0 Å². The smallest absolute Gasteiger partial charge is 0.137 e. The minimum Gasteiger partial charge on any atom is -0.317 e. The van der Waals surface area contributed by atoms with Crippen LogP contribution < -0.4 is 5.32 Å². The van der Waals surface area contributed by atoms with Crippen LogP contribution in [0.25, 0.3) is 0 Å². The molecule has 2 rings (SSSR count). The molecule has 1 aromatic carbocycles. The number of rotatable bonds is 5. The largest absolute Gasteiger partial charge is 0.317 e. The second kappa shape index (κ2) is 7.06. The fourth-order valence-electron chi connectivity index (χ4n) is 2.63. The summed E-state index contributed by atoms with van der Waals surface area (Å²) in [7, 11) is 0. The fourth-order valence-corrected chi connectivity index (χ4v) is 2.93. The molecule has 1 aliphatic heterocycles. The average molecular weight is 280 g/mol. The molecule has 1 aromatic rings. The van der Waals surface area contributed by atoms with E-state index >= 15 is 0 Å². The van der Waals surface area contributed by atoms with Gasteiger partial charge < -0.3 is 5.32 Å². The summed E-state index contributed by atoms with van der Waals surface area (Å²) >= 11 is 6.16. The topological polar surface area (TPSA) is 29.1 Å². The van der Waals surface area contributed by atoms with Crippen molar-refractivity contribution < 1.29 is 4.79 Å². The van der Waals surface area contributed by atoms with Gasteiger partial charge in [0.25, 0.3) is 0 Å². The van der Waals surface area contributed by atoms with Crippen LogP contribution in [0.15, 0.2) is 18.2 Å². The maximum Gasteiger partial charge on any atom is 0.137 e. The van der Waals surface area contributed by atoms with E-state index in [9.17, 15) is 4.79 Å². The molecule has 19 heavy (non-hydrogen) atoms. The van der Waals surface area contributed by atoms with Crippen LogP contribution in [0, 0.1) is 12.8 Å². The van der Waals surface area contributed by atoms with E-state index in [0.29, 0.717) is 18.6 Å². The van der Waals surface area contributed by atoms with Crippen LogP contribution in [-0.4, -0.2) is 18.9 Å². The molecule has 0 saturated carbocycles. The summed E-state index contributed by atoms with van der Waals surface area (Å²) in [5, 5.41) is 4.07. The summed E-state index contributed by atoms with van der Waals surface area (Å²) < 4.78 is 0. The molecule has 0 radical (unpaired) electrons. The van der Waals surface area contributed by atoms with Crippen molar-refractivity contribution in [2.45, 2.75) is 39.0 Å². The SMILES string of the molecule is Cc1ccc(CC(=O)CCC2CCNCC2)c(Cl)c1. The van der Waals surface area contributed by atoms with E-state index in [1.807, 2.05) is 25.1 Å². The Kier molecular flexibility index (Phi) is 5.41. The van der Waals surface area contributed by atoms with Crippen LogP contribution in [-0.2, 0) is 11.2 Å². The summed E-state index contributed by atoms with van der Waals surface area (Å²) in [6.07, 6.45) is 4.61. The number of benzene rings is 1. The van der Waals surface area contributed by atoms with Gasteiger partial charge in [-0.15, -0.1) is 0 Å². The number of Topliss-reactive ketones (excluding diaryl/α,β-unsaturated/α-hetero) is 1. The lowest BCUT2D eigenvalue weighted by Crippen LogP contribution is -2.28. The Hall–Kier alpha value is -0.860. The number of piperidine rings is 1. The third-order valence-electron chi connectivity index (χ3n) is 3.89. The Morgan fingerprint density at radius 1 is 1.37 bits per heavy atom. The zero-order valence-electron chi connectivity index (χ0n) is 11.5. The molecule has 1 fully saturated rings.